The van der Waals surface area contributed by atoms with Gasteiger partial charge < -0.3 is 0 Å². The summed E-state index contributed by atoms with van der Waals surface area (Å²) in [5.74, 6) is -0.0754. The number of hydrazine groups is 1. The Bertz CT molecular complexity index is 1150. The molecule has 3 aromatic rings. The number of carbonyl (C=O) groups excluding carboxylic acids is 1. The molecular weight excluding hydrogens is 426 g/mol. The molecule has 5 rings (SSSR count). The normalized spacial score (nSPS) is 15.6. The highest BCUT2D eigenvalue weighted by atomic mass is 35.5. The second kappa shape index (κ2) is 8.87. The van der Waals surface area contributed by atoms with Gasteiger partial charge in [0.25, 0.3) is 5.91 Å². The van der Waals surface area contributed by atoms with E-state index < -0.39 is 0 Å². The summed E-state index contributed by atoms with van der Waals surface area (Å²) in [5, 5.41) is 2.74. The summed E-state index contributed by atoms with van der Waals surface area (Å²) in [5.41, 5.74) is 7.76. The molecule has 1 saturated heterocycles. The lowest BCUT2D eigenvalue weighted by molar-refractivity contribution is 0.0750. The number of piperidine rings is 1. The first-order valence-electron chi connectivity index (χ1n) is 10.5. The van der Waals surface area contributed by atoms with Crippen LogP contribution in [-0.4, -0.2) is 30.2 Å². The van der Waals surface area contributed by atoms with Crippen molar-refractivity contribution in [1.29, 1.82) is 0 Å². The lowest BCUT2D eigenvalue weighted by Crippen LogP contribution is -2.45. The minimum atomic E-state index is -0.0754. The van der Waals surface area contributed by atoms with Gasteiger partial charge in [-0.15, -0.1) is 0 Å². The van der Waals surface area contributed by atoms with Gasteiger partial charge >= 0.3 is 0 Å². The third-order valence-corrected chi connectivity index (χ3v) is 7.00. The molecule has 3 aromatic carbocycles. The maximum atomic E-state index is 12.7. The van der Waals surface area contributed by atoms with Crippen LogP contribution in [0.2, 0.25) is 5.02 Å². The van der Waals surface area contributed by atoms with Gasteiger partial charge in [-0.25, -0.2) is 5.01 Å². The topological polar surface area (TPSA) is 44.7 Å². The van der Waals surface area contributed by atoms with Crippen LogP contribution in [0.5, 0.6) is 0 Å². The molecule has 1 amide bonds. The zero-order valence-electron chi connectivity index (χ0n) is 17.0. The van der Waals surface area contributed by atoms with E-state index in [4.69, 9.17) is 16.6 Å². The van der Waals surface area contributed by atoms with E-state index in [1.54, 1.807) is 11.8 Å². The van der Waals surface area contributed by atoms with Crippen LogP contribution in [0.3, 0.4) is 0 Å². The molecule has 2 aliphatic rings. The smallest absolute Gasteiger partial charge is 0.265 e. The highest BCUT2D eigenvalue weighted by molar-refractivity contribution is 7.99. The van der Waals surface area contributed by atoms with Crippen molar-refractivity contribution in [1.82, 2.24) is 10.4 Å². The molecular formula is C25H22ClN3OS. The number of nitrogens with one attached hydrogen (secondary N) is 1. The lowest BCUT2D eigenvalue weighted by atomic mass is 10.0. The molecule has 6 heteroatoms. The predicted molar refractivity (Wildman–Crippen MR) is 128 cm³/mol. The maximum Gasteiger partial charge on any atom is 0.265 e. The van der Waals surface area contributed by atoms with Crippen LogP contribution in [-0.2, 0) is 0 Å². The number of aliphatic imine (C=N–C) groups is 1. The van der Waals surface area contributed by atoms with Crippen molar-refractivity contribution < 1.29 is 4.79 Å². The van der Waals surface area contributed by atoms with E-state index >= 15 is 0 Å². The number of amides is 1. The molecule has 0 bridgehead atoms. The maximum absolute atomic E-state index is 12.7. The van der Waals surface area contributed by atoms with Gasteiger partial charge in [0.05, 0.1) is 5.69 Å². The molecule has 0 aromatic heterocycles. The van der Waals surface area contributed by atoms with Gasteiger partial charge in [-0.3, -0.25) is 15.2 Å². The summed E-state index contributed by atoms with van der Waals surface area (Å²) in [6.45, 7) is 1.82. The highest BCUT2D eigenvalue weighted by Crippen LogP contribution is 2.42. The first-order valence-corrected chi connectivity index (χ1v) is 11.7. The van der Waals surface area contributed by atoms with Crippen molar-refractivity contribution in [3.8, 4) is 11.1 Å². The van der Waals surface area contributed by atoms with Crippen molar-refractivity contribution in [2.75, 3.05) is 13.1 Å². The van der Waals surface area contributed by atoms with Crippen molar-refractivity contribution in [2.45, 2.75) is 29.1 Å². The molecule has 31 heavy (non-hydrogen) atoms. The van der Waals surface area contributed by atoms with Crippen molar-refractivity contribution in [3.05, 3.63) is 76.8 Å². The van der Waals surface area contributed by atoms with Gasteiger partial charge in [0.15, 0.2) is 0 Å². The summed E-state index contributed by atoms with van der Waals surface area (Å²) in [7, 11) is 0. The fraction of sp³-hybridized carbons (Fsp3) is 0.200. The average Bonchev–Trinajstić information content (AvgIpc) is 2.99. The molecule has 4 nitrogen and oxygen atoms in total. The van der Waals surface area contributed by atoms with E-state index in [9.17, 15) is 4.79 Å². The highest BCUT2D eigenvalue weighted by Gasteiger charge is 2.18. The molecule has 1 N–H and O–H groups in total. The molecule has 1 fully saturated rings. The van der Waals surface area contributed by atoms with Gasteiger partial charge in [-0.05, 0) is 60.4 Å². The minimum absolute atomic E-state index is 0.0754. The van der Waals surface area contributed by atoms with Crippen LogP contribution in [0, 0.1) is 0 Å². The Morgan fingerprint density at radius 2 is 1.77 bits per heavy atom. The van der Waals surface area contributed by atoms with Crippen LogP contribution in [0.15, 0.2) is 75.4 Å². The Hall–Kier alpha value is -2.60. The molecule has 0 radical (unpaired) electrons. The predicted octanol–water partition coefficient (Wildman–Crippen LogP) is 6.35. The summed E-state index contributed by atoms with van der Waals surface area (Å²) in [6, 6.07) is 19.9. The zero-order valence-corrected chi connectivity index (χ0v) is 18.5. The number of nitrogens with zero attached hydrogens (tertiary/aromatic N) is 2. The van der Waals surface area contributed by atoms with Crippen LogP contribution < -0.4 is 5.43 Å². The third-order valence-electron chi connectivity index (χ3n) is 5.61. The van der Waals surface area contributed by atoms with Crippen LogP contribution in [0.4, 0.5) is 5.69 Å². The van der Waals surface area contributed by atoms with Crippen LogP contribution >= 0.6 is 23.4 Å². The summed E-state index contributed by atoms with van der Waals surface area (Å²) < 4.78 is 0. The number of rotatable bonds is 3. The van der Waals surface area contributed by atoms with E-state index in [0.717, 1.165) is 63.1 Å². The number of carbonyl (C=O) groups is 1. The number of hydrogen-bond donors (Lipinski definition) is 1. The van der Waals surface area contributed by atoms with E-state index in [-0.39, 0.29) is 5.91 Å². The van der Waals surface area contributed by atoms with Crippen molar-refractivity contribution in [2.24, 2.45) is 4.99 Å². The fourth-order valence-corrected chi connectivity index (χ4v) is 5.09. The number of benzene rings is 3. The van der Waals surface area contributed by atoms with E-state index in [1.165, 1.54) is 6.42 Å². The molecule has 2 aliphatic heterocycles. The number of fused-ring (bicyclic) bond motifs is 2. The van der Waals surface area contributed by atoms with Crippen molar-refractivity contribution >= 4 is 41.2 Å². The summed E-state index contributed by atoms with van der Waals surface area (Å²) in [4.78, 5) is 19.7. The molecule has 0 spiro atoms. The molecule has 2 heterocycles. The van der Waals surface area contributed by atoms with Crippen LogP contribution in [0.1, 0.15) is 35.2 Å². The Labute approximate surface area is 191 Å². The number of hydrogen-bond acceptors (Lipinski definition) is 4. The fourth-order valence-electron chi connectivity index (χ4n) is 3.96. The molecule has 0 unspecified atom stereocenters. The van der Waals surface area contributed by atoms with E-state index in [1.807, 2.05) is 53.7 Å². The van der Waals surface area contributed by atoms with Crippen LogP contribution in [0.25, 0.3) is 11.1 Å². The standard InChI is InChI=1S/C25H22ClN3OS/c26-19-10-7-17(8-11-19)20-5-4-6-23-21(20)16-27-22-15-18(9-12-24(22)31-23)25(30)28-29-13-2-1-3-14-29/h4-12,15-16H,1-3,13-14H2,(H,28,30). The Balaban J connectivity index is 1.44. The molecule has 156 valence electrons. The largest absolute Gasteiger partial charge is 0.285 e. The van der Waals surface area contributed by atoms with E-state index in [0.29, 0.717) is 5.56 Å². The molecule has 0 aliphatic carbocycles. The Kier molecular flexibility index (Phi) is 5.81. The second-order valence-electron chi connectivity index (χ2n) is 7.76. The van der Waals surface area contributed by atoms with Gasteiger partial charge in [-0.1, -0.05) is 54.0 Å². The van der Waals surface area contributed by atoms with Gasteiger partial charge in [-0.2, -0.15) is 0 Å². The monoisotopic (exact) mass is 447 g/mol. The van der Waals surface area contributed by atoms with Gasteiger partial charge in [0.1, 0.15) is 0 Å². The minimum Gasteiger partial charge on any atom is -0.285 e. The van der Waals surface area contributed by atoms with Gasteiger partial charge in [0.2, 0.25) is 0 Å². The lowest BCUT2D eigenvalue weighted by Gasteiger charge is -2.26. The second-order valence-corrected chi connectivity index (χ2v) is 9.28. The summed E-state index contributed by atoms with van der Waals surface area (Å²) >= 11 is 7.74. The molecule has 0 saturated carbocycles. The molecule has 0 atom stereocenters. The first kappa shape index (κ1) is 20.3. The Morgan fingerprint density at radius 3 is 2.58 bits per heavy atom. The Morgan fingerprint density at radius 1 is 0.968 bits per heavy atom. The van der Waals surface area contributed by atoms with E-state index in [2.05, 4.69) is 23.6 Å². The summed E-state index contributed by atoms with van der Waals surface area (Å²) in [6.07, 6.45) is 5.39. The first-order chi connectivity index (χ1) is 15.2. The zero-order chi connectivity index (χ0) is 21.2. The van der Waals surface area contributed by atoms with Gasteiger partial charge in [0, 0.05) is 45.2 Å². The average molecular weight is 448 g/mol. The SMILES string of the molecule is O=C(NN1CCCCC1)c1ccc2c(c1)N=Cc1c(cccc1-c1ccc(Cl)cc1)S2. The third kappa shape index (κ3) is 4.40. The van der Waals surface area contributed by atoms with Crippen molar-refractivity contribution in [3.63, 3.8) is 0 Å². The number of halogens is 1. The quantitative estimate of drug-likeness (QED) is 0.397.